The van der Waals surface area contributed by atoms with Crippen molar-refractivity contribution in [3.8, 4) is 5.75 Å². The number of carbonyl (C=O) groups excluding carboxylic acids is 1. The molecule has 0 amide bonds. The number of fused-ring (bicyclic) bond motifs is 3. The Balaban J connectivity index is 1.36. The summed E-state index contributed by atoms with van der Waals surface area (Å²) < 4.78 is 6.56. The lowest BCUT2D eigenvalue weighted by molar-refractivity contribution is -0.151. The molecule has 4 saturated carbocycles. The number of Topliss-reactive ketones (excluding diaryl/α,β-unsaturated/α-hetero) is 1. The fraction of sp³-hybridized carbons (Fsp3) is 0.444. The quantitative estimate of drug-likeness (QED) is 0.484. The van der Waals surface area contributed by atoms with Crippen molar-refractivity contribution in [3.63, 3.8) is 0 Å². The first-order valence-electron chi connectivity index (χ1n) is 11.5. The van der Waals surface area contributed by atoms with E-state index in [1.165, 1.54) is 40.5 Å². The van der Waals surface area contributed by atoms with Crippen LogP contribution in [-0.2, 0) is 4.79 Å². The van der Waals surface area contributed by atoms with Crippen LogP contribution in [0.25, 0.3) is 10.8 Å². The summed E-state index contributed by atoms with van der Waals surface area (Å²) >= 11 is 1.76. The minimum atomic E-state index is -0.374. The van der Waals surface area contributed by atoms with E-state index in [0.717, 1.165) is 42.8 Å². The van der Waals surface area contributed by atoms with Crippen LogP contribution in [0.1, 0.15) is 54.9 Å². The van der Waals surface area contributed by atoms with Gasteiger partial charge in [-0.1, -0.05) is 36.4 Å². The standard InChI is InChI=1S/C27H26O2S/c28-26(27-13-16-10-17(14-27)12-18(11-16)15-27)25-24(22-6-3-9-30-22)23-20-5-2-1-4-19(20)7-8-21(23)29-25/h1-9,16-18,24-25H,10-15H2/t16?,17?,18?,24-,25-,27?/m0/s1. The first-order valence-corrected chi connectivity index (χ1v) is 12.3. The molecular formula is C27H26O2S. The van der Waals surface area contributed by atoms with E-state index in [9.17, 15) is 4.79 Å². The van der Waals surface area contributed by atoms with E-state index in [-0.39, 0.29) is 17.4 Å². The molecule has 4 fully saturated rings. The van der Waals surface area contributed by atoms with Crippen LogP contribution in [0.15, 0.2) is 53.9 Å². The summed E-state index contributed by atoms with van der Waals surface area (Å²) in [5.74, 6) is 3.64. The second kappa shape index (κ2) is 6.20. The van der Waals surface area contributed by atoms with Gasteiger partial charge in [0.15, 0.2) is 11.9 Å². The fourth-order valence-corrected chi connectivity index (χ4v) is 8.59. The average Bonchev–Trinajstić information content (AvgIpc) is 3.39. The van der Waals surface area contributed by atoms with Gasteiger partial charge in [-0.3, -0.25) is 4.79 Å². The Morgan fingerprint density at radius 1 is 0.900 bits per heavy atom. The third kappa shape index (κ3) is 2.39. The maximum absolute atomic E-state index is 14.3. The van der Waals surface area contributed by atoms with Crippen molar-refractivity contribution in [3.05, 3.63) is 64.4 Å². The number of benzene rings is 2. The second-order valence-corrected chi connectivity index (χ2v) is 11.3. The van der Waals surface area contributed by atoms with Crippen LogP contribution in [0, 0.1) is 23.2 Å². The van der Waals surface area contributed by atoms with E-state index in [4.69, 9.17) is 4.74 Å². The van der Waals surface area contributed by atoms with Gasteiger partial charge in [-0.2, -0.15) is 0 Å². The van der Waals surface area contributed by atoms with E-state index in [1.54, 1.807) is 11.3 Å². The van der Waals surface area contributed by atoms with Gasteiger partial charge in [0.1, 0.15) is 5.75 Å². The molecule has 4 bridgehead atoms. The van der Waals surface area contributed by atoms with Gasteiger partial charge in [0.2, 0.25) is 0 Å². The van der Waals surface area contributed by atoms with Crippen molar-refractivity contribution in [2.45, 2.75) is 50.5 Å². The number of rotatable bonds is 3. The molecule has 0 saturated heterocycles. The molecule has 5 aliphatic rings. The van der Waals surface area contributed by atoms with Gasteiger partial charge >= 0.3 is 0 Å². The third-order valence-electron chi connectivity index (χ3n) is 8.47. The molecule has 2 atom stereocenters. The molecule has 3 aromatic rings. The summed E-state index contributed by atoms with van der Waals surface area (Å²) in [4.78, 5) is 15.5. The zero-order chi connectivity index (χ0) is 19.9. The zero-order valence-electron chi connectivity index (χ0n) is 17.1. The summed E-state index contributed by atoms with van der Waals surface area (Å²) in [7, 11) is 0. The molecule has 2 aromatic carbocycles. The van der Waals surface area contributed by atoms with Crippen molar-refractivity contribution in [2.75, 3.05) is 0 Å². The van der Waals surface area contributed by atoms with E-state index in [1.807, 2.05) is 0 Å². The van der Waals surface area contributed by atoms with Crippen molar-refractivity contribution in [1.82, 2.24) is 0 Å². The molecule has 0 unspecified atom stereocenters. The maximum atomic E-state index is 14.3. The van der Waals surface area contributed by atoms with E-state index < -0.39 is 0 Å². The highest BCUT2D eigenvalue weighted by Gasteiger charge is 2.58. The monoisotopic (exact) mass is 414 g/mol. The highest BCUT2D eigenvalue weighted by molar-refractivity contribution is 7.10. The molecule has 3 heteroatoms. The maximum Gasteiger partial charge on any atom is 0.180 e. The SMILES string of the molecule is O=C([C@H]1Oc2ccc3ccccc3c2[C@@H]1c1cccs1)C12CC3CC(CC(C3)C1)C2. The zero-order valence-corrected chi connectivity index (χ0v) is 17.9. The second-order valence-electron chi connectivity index (χ2n) is 10.3. The van der Waals surface area contributed by atoms with Crippen molar-refractivity contribution >= 4 is 27.9 Å². The lowest BCUT2D eigenvalue weighted by Crippen LogP contribution is -2.54. The van der Waals surface area contributed by atoms with E-state index in [2.05, 4.69) is 53.9 Å². The molecule has 30 heavy (non-hydrogen) atoms. The molecule has 0 spiro atoms. The topological polar surface area (TPSA) is 26.3 Å². The molecule has 1 aromatic heterocycles. The van der Waals surface area contributed by atoms with Crippen molar-refractivity contribution < 1.29 is 9.53 Å². The van der Waals surface area contributed by atoms with Crippen LogP contribution in [-0.4, -0.2) is 11.9 Å². The first kappa shape index (κ1) is 17.5. The highest BCUT2D eigenvalue weighted by Crippen LogP contribution is 2.62. The summed E-state index contributed by atoms with van der Waals surface area (Å²) in [6.45, 7) is 0. The summed E-state index contributed by atoms with van der Waals surface area (Å²) in [5, 5.41) is 4.59. The van der Waals surface area contributed by atoms with Gasteiger partial charge in [0.05, 0.1) is 5.92 Å². The van der Waals surface area contributed by atoms with Gasteiger partial charge in [-0.05, 0) is 84.6 Å². The molecule has 152 valence electrons. The number of ether oxygens (including phenoxy) is 1. The third-order valence-corrected chi connectivity index (χ3v) is 9.42. The Morgan fingerprint density at radius 2 is 1.63 bits per heavy atom. The van der Waals surface area contributed by atoms with E-state index in [0.29, 0.717) is 5.78 Å². The Hall–Kier alpha value is -2.13. The molecule has 2 heterocycles. The minimum absolute atomic E-state index is 0.0200. The van der Waals surface area contributed by atoms with Crippen molar-refractivity contribution in [1.29, 1.82) is 0 Å². The summed E-state index contributed by atoms with van der Waals surface area (Å²) in [6, 6.07) is 17.1. The molecular weight excluding hydrogens is 388 g/mol. The Morgan fingerprint density at radius 3 is 2.33 bits per heavy atom. The summed E-state index contributed by atoms with van der Waals surface area (Å²) in [5.41, 5.74) is 1.09. The lowest BCUT2D eigenvalue weighted by Gasteiger charge is -2.56. The molecule has 0 radical (unpaired) electrons. The smallest absolute Gasteiger partial charge is 0.180 e. The van der Waals surface area contributed by atoms with Crippen LogP contribution < -0.4 is 4.74 Å². The number of ketones is 1. The molecule has 1 aliphatic heterocycles. The normalized spacial score (nSPS) is 36.1. The lowest BCUT2D eigenvalue weighted by atomic mass is 9.48. The number of hydrogen-bond acceptors (Lipinski definition) is 3. The van der Waals surface area contributed by atoms with Gasteiger partial charge in [0, 0.05) is 15.9 Å². The predicted molar refractivity (Wildman–Crippen MR) is 120 cm³/mol. The molecule has 2 nitrogen and oxygen atoms in total. The van der Waals surface area contributed by atoms with Crippen LogP contribution in [0.2, 0.25) is 0 Å². The molecule has 4 aliphatic carbocycles. The Bertz CT molecular complexity index is 1110. The Labute approximate surface area is 181 Å². The van der Waals surface area contributed by atoms with Crippen molar-refractivity contribution in [2.24, 2.45) is 23.2 Å². The number of hydrogen-bond donors (Lipinski definition) is 0. The van der Waals surface area contributed by atoms with Gasteiger partial charge in [-0.15, -0.1) is 11.3 Å². The highest BCUT2D eigenvalue weighted by atomic mass is 32.1. The largest absolute Gasteiger partial charge is 0.481 e. The van der Waals surface area contributed by atoms with Crippen LogP contribution >= 0.6 is 11.3 Å². The molecule has 8 rings (SSSR count). The Kier molecular flexibility index (Phi) is 3.62. The van der Waals surface area contributed by atoms with Gasteiger partial charge in [-0.25, -0.2) is 0 Å². The number of thiophene rings is 1. The van der Waals surface area contributed by atoms with Crippen LogP contribution in [0.3, 0.4) is 0 Å². The van der Waals surface area contributed by atoms with E-state index >= 15 is 0 Å². The fourth-order valence-electron chi connectivity index (χ4n) is 7.73. The first-order chi connectivity index (χ1) is 14.7. The molecule has 0 N–H and O–H groups in total. The van der Waals surface area contributed by atoms with Gasteiger partial charge < -0.3 is 4.74 Å². The van der Waals surface area contributed by atoms with Crippen LogP contribution in [0.5, 0.6) is 5.75 Å². The summed E-state index contributed by atoms with van der Waals surface area (Å²) in [6.07, 6.45) is 7.01. The van der Waals surface area contributed by atoms with Crippen LogP contribution in [0.4, 0.5) is 0 Å². The average molecular weight is 415 g/mol. The minimum Gasteiger partial charge on any atom is -0.481 e. The predicted octanol–water partition coefficient (Wildman–Crippen LogP) is 6.58. The number of carbonyl (C=O) groups is 1. The van der Waals surface area contributed by atoms with Gasteiger partial charge in [0.25, 0.3) is 0 Å².